The summed E-state index contributed by atoms with van der Waals surface area (Å²) in [5, 5.41) is 39.8. The van der Waals surface area contributed by atoms with Crippen molar-refractivity contribution in [2.75, 3.05) is 0 Å². The number of aliphatic hydroxyl groups is 2. The Morgan fingerprint density at radius 2 is 1.03 bits per heavy atom. The molecule has 2 atom stereocenters. The van der Waals surface area contributed by atoms with Crippen molar-refractivity contribution in [2.45, 2.75) is 89.6 Å². The minimum Gasteiger partial charge on any atom is -0.489 e. The summed E-state index contributed by atoms with van der Waals surface area (Å²) >= 11 is 0. The number of carbonyl (C=O) groups is 2. The summed E-state index contributed by atoms with van der Waals surface area (Å²) in [7, 11) is 0. The van der Waals surface area contributed by atoms with Gasteiger partial charge in [-0.1, -0.05) is 98.8 Å². The Bertz CT molecular complexity index is 2690. The molecule has 6 aromatic carbocycles. The first-order chi connectivity index (χ1) is 31.7. The number of aliphatic hydroxyl groups excluding tert-OH is 2. The standard InChI is InChI=1S/C29H29FO4.C27H25FO4/c1-29(2)15-3-4-24-25(29)16-22(17-27(24)34-18-20-7-12-23(30)13-8-20)26(31)14-9-19-5-10-21(11-6-19)28(32)33;28-23-12-7-19(8-13-23)17-32-26-16-22(15-21-3-1-2-4-24(21)26)25(29)14-9-18-5-10-20(11-6-18)27(30)31/h5-14,16-17,26,31H,3-4,15,18H2,1-2H3,(H,32,33);5-16,25,29H,1-4,17H2,(H,30,31). The molecule has 0 aromatic heterocycles. The third-order valence-corrected chi connectivity index (χ3v) is 12.2. The van der Waals surface area contributed by atoms with Gasteiger partial charge >= 0.3 is 11.9 Å². The summed E-state index contributed by atoms with van der Waals surface area (Å²) in [5.41, 5.74) is 9.99. The highest BCUT2D eigenvalue weighted by molar-refractivity contribution is 5.88. The van der Waals surface area contributed by atoms with Crippen molar-refractivity contribution in [2.24, 2.45) is 0 Å². The molecular weight excluding hydrogens is 839 g/mol. The number of ether oxygens (including phenoxy) is 2. The summed E-state index contributed by atoms with van der Waals surface area (Å²) in [5.74, 6) is -0.983. The SMILES string of the molecule is CC1(C)CCCc2c(OCc3ccc(F)cc3)cc(C(O)C=Cc3ccc(C(=O)O)cc3)cc21.O=C(O)c1ccc(C=CC(O)c2cc3c(c(OCc4ccc(F)cc4)c2)CCCC3)cc1. The molecule has 0 radical (unpaired) electrons. The highest BCUT2D eigenvalue weighted by Crippen LogP contribution is 2.43. The molecule has 6 aromatic rings. The number of carboxylic acids is 2. The van der Waals surface area contributed by atoms with Crippen molar-refractivity contribution in [3.63, 3.8) is 0 Å². The lowest BCUT2D eigenvalue weighted by Gasteiger charge is -2.34. The van der Waals surface area contributed by atoms with Crippen LogP contribution in [0, 0.1) is 11.6 Å². The van der Waals surface area contributed by atoms with Crippen LogP contribution in [-0.2, 0) is 37.9 Å². The predicted octanol–water partition coefficient (Wildman–Crippen LogP) is 12.2. The van der Waals surface area contributed by atoms with Gasteiger partial charge in [0.1, 0.15) is 36.3 Å². The fraction of sp³-hybridized carbons (Fsp3) is 0.250. The zero-order chi connectivity index (χ0) is 46.8. The van der Waals surface area contributed by atoms with Gasteiger partial charge in [0.05, 0.1) is 23.3 Å². The molecule has 0 bridgehead atoms. The summed E-state index contributed by atoms with van der Waals surface area (Å²) < 4.78 is 38.7. The highest BCUT2D eigenvalue weighted by atomic mass is 19.1. The second kappa shape index (κ2) is 21.4. The average Bonchev–Trinajstić information content (AvgIpc) is 3.32. The van der Waals surface area contributed by atoms with Crippen molar-refractivity contribution < 1.29 is 48.3 Å². The van der Waals surface area contributed by atoms with Gasteiger partial charge in [0, 0.05) is 0 Å². The first-order valence-corrected chi connectivity index (χ1v) is 22.2. The van der Waals surface area contributed by atoms with Crippen LogP contribution < -0.4 is 9.47 Å². The molecule has 0 fully saturated rings. The molecule has 8 rings (SSSR count). The third-order valence-electron chi connectivity index (χ3n) is 12.2. The second-order valence-corrected chi connectivity index (χ2v) is 17.4. The van der Waals surface area contributed by atoms with Gasteiger partial charge in [0.25, 0.3) is 0 Å². The molecule has 2 aliphatic carbocycles. The van der Waals surface area contributed by atoms with E-state index in [2.05, 4.69) is 19.9 Å². The van der Waals surface area contributed by atoms with E-state index in [0.717, 1.165) is 89.8 Å². The van der Waals surface area contributed by atoms with Gasteiger partial charge in [-0.15, -0.1) is 0 Å². The van der Waals surface area contributed by atoms with Crippen LogP contribution in [0.4, 0.5) is 8.78 Å². The van der Waals surface area contributed by atoms with Crippen LogP contribution in [0.5, 0.6) is 11.5 Å². The topological polar surface area (TPSA) is 134 Å². The van der Waals surface area contributed by atoms with Gasteiger partial charge in [0.15, 0.2) is 0 Å². The number of halogens is 2. The molecule has 66 heavy (non-hydrogen) atoms. The number of hydrogen-bond acceptors (Lipinski definition) is 6. The van der Waals surface area contributed by atoms with Crippen molar-refractivity contribution in [3.8, 4) is 11.5 Å². The van der Waals surface area contributed by atoms with Crippen molar-refractivity contribution in [1.82, 2.24) is 0 Å². The van der Waals surface area contributed by atoms with Crippen molar-refractivity contribution in [1.29, 1.82) is 0 Å². The monoisotopic (exact) mass is 892 g/mol. The zero-order valence-corrected chi connectivity index (χ0v) is 37.1. The molecule has 0 saturated heterocycles. The van der Waals surface area contributed by atoms with Crippen LogP contribution in [-0.4, -0.2) is 32.4 Å². The predicted molar refractivity (Wildman–Crippen MR) is 252 cm³/mol. The van der Waals surface area contributed by atoms with Crippen molar-refractivity contribution >= 4 is 24.1 Å². The molecule has 0 heterocycles. The van der Waals surface area contributed by atoms with E-state index in [-0.39, 0.29) is 28.2 Å². The second-order valence-electron chi connectivity index (χ2n) is 17.4. The van der Waals surface area contributed by atoms with E-state index in [9.17, 15) is 28.6 Å². The molecule has 2 aliphatic rings. The van der Waals surface area contributed by atoms with E-state index in [4.69, 9.17) is 19.7 Å². The summed E-state index contributed by atoms with van der Waals surface area (Å²) in [6.45, 7) is 5.08. The molecule has 340 valence electrons. The van der Waals surface area contributed by atoms with Crippen LogP contribution in [0.15, 0.2) is 133 Å². The minimum absolute atomic E-state index is 0.0341. The molecule has 0 amide bonds. The van der Waals surface area contributed by atoms with Gasteiger partial charge in [-0.05, 0) is 167 Å². The summed E-state index contributed by atoms with van der Waals surface area (Å²) in [6.07, 6.45) is 12.4. The number of fused-ring (bicyclic) bond motifs is 2. The fourth-order valence-corrected chi connectivity index (χ4v) is 8.40. The maximum absolute atomic E-state index is 13.3. The van der Waals surface area contributed by atoms with Crippen molar-refractivity contribution in [3.05, 3.63) is 212 Å². The first-order valence-electron chi connectivity index (χ1n) is 22.2. The Balaban J connectivity index is 0.000000197. The Morgan fingerprint density at radius 1 is 0.591 bits per heavy atom. The quantitative estimate of drug-likeness (QED) is 0.0849. The summed E-state index contributed by atoms with van der Waals surface area (Å²) in [6, 6.07) is 33.4. The fourth-order valence-electron chi connectivity index (χ4n) is 8.40. The van der Waals surface area contributed by atoms with Gasteiger partial charge in [0.2, 0.25) is 0 Å². The van der Waals surface area contributed by atoms with E-state index in [1.807, 2.05) is 18.2 Å². The molecule has 2 unspecified atom stereocenters. The van der Waals surface area contributed by atoms with Gasteiger partial charge in [-0.2, -0.15) is 0 Å². The number of aromatic carboxylic acids is 2. The number of aryl methyl sites for hydroxylation is 1. The summed E-state index contributed by atoms with van der Waals surface area (Å²) in [4.78, 5) is 22.0. The Morgan fingerprint density at radius 3 is 1.52 bits per heavy atom. The van der Waals surface area contributed by atoms with E-state index in [1.54, 1.807) is 72.8 Å². The van der Waals surface area contributed by atoms with Crippen LogP contribution in [0.1, 0.15) is 128 Å². The number of hydrogen-bond donors (Lipinski definition) is 4. The molecule has 0 saturated carbocycles. The lowest BCUT2D eigenvalue weighted by Crippen LogP contribution is -2.25. The average molecular weight is 893 g/mol. The van der Waals surface area contributed by atoms with Gasteiger partial charge in [-0.3, -0.25) is 0 Å². The zero-order valence-electron chi connectivity index (χ0n) is 37.1. The number of benzene rings is 6. The largest absolute Gasteiger partial charge is 0.489 e. The van der Waals surface area contributed by atoms with Crippen LogP contribution in [0.25, 0.3) is 12.2 Å². The minimum atomic E-state index is -0.972. The molecule has 8 nitrogen and oxygen atoms in total. The lowest BCUT2D eigenvalue weighted by molar-refractivity contribution is 0.0686. The molecule has 0 aliphatic heterocycles. The number of rotatable bonds is 14. The van der Waals surface area contributed by atoms with Crippen LogP contribution in [0.3, 0.4) is 0 Å². The highest BCUT2D eigenvalue weighted by Gasteiger charge is 2.31. The molecule has 10 heteroatoms. The van der Waals surface area contributed by atoms with E-state index in [0.29, 0.717) is 13.2 Å². The third kappa shape index (κ3) is 12.3. The Hall–Kier alpha value is -6.88. The maximum Gasteiger partial charge on any atom is 0.335 e. The number of carboxylic acid groups (broad SMARTS) is 2. The lowest BCUT2D eigenvalue weighted by atomic mass is 9.72. The van der Waals surface area contributed by atoms with E-state index in [1.165, 1.54) is 70.8 Å². The van der Waals surface area contributed by atoms with Gasteiger partial charge < -0.3 is 29.9 Å². The smallest absolute Gasteiger partial charge is 0.335 e. The molecule has 4 N–H and O–H groups in total. The Kier molecular flexibility index (Phi) is 15.3. The van der Waals surface area contributed by atoms with Crippen LogP contribution in [0.2, 0.25) is 0 Å². The maximum atomic E-state index is 13.3. The first kappa shape index (κ1) is 47.1. The van der Waals surface area contributed by atoms with E-state index < -0.39 is 24.1 Å². The van der Waals surface area contributed by atoms with Gasteiger partial charge in [-0.25, -0.2) is 18.4 Å². The molecule has 0 spiro atoms. The molecular formula is C56H54F2O8. The Labute approximate surface area is 384 Å². The van der Waals surface area contributed by atoms with E-state index >= 15 is 0 Å². The normalized spacial score (nSPS) is 14.9. The van der Waals surface area contributed by atoms with Crippen LogP contribution >= 0.6 is 0 Å².